The van der Waals surface area contributed by atoms with Crippen LogP contribution in [0.5, 0.6) is 0 Å². The molecule has 18 heavy (non-hydrogen) atoms. The van der Waals surface area contributed by atoms with Crippen molar-refractivity contribution in [1.82, 2.24) is 9.29 Å². The Kier molecular flexibility index (Phi) is 3.61. The smallest absolute Gasteiger partial charge is 0.250 e. The molecule has 2 aromatic heterocycles. The Morgan fingerprint density at radius 3 is 2.61 bits per heavy atom. The van der Waals surface area contributed by atoms with Gasteiger partial charge >= 0.3 is 0 Å². The lowest BCUT2D eigenvalue weighted by Gasteiger charge is -2.05. The summed E-state index contributed by atoms with van der Waals surface area (Å²) in [5.74, 6) is 0. The minimum Gasteiger partial charge on any atom is -0.352 e. The van der Waals surface area contributed by atoms with E-state index in [0.29, 0.717) is 10.8 Å². The molecular weight excluding hydrogens is 268 g/mol. The Morgan fingerprint density at radius 1 is 1.39 bits per heavy atom. The Morgan fingerprint density at radius 2 is 2.11 bits per heavy atom. The highest BCUT2D eigenvalue weighted by molar-refractivity contribution is 7.91. The first-order valence-corrected chi connectivity index (χ1v) is 7.93. The van der Waals surface area contributed by atoms with E-state index < -0.39 is 10.0 Å². The molecule has 6 heteroatoms. The van der Waals surface area contributed by atoms with E-state index in [1.54, 1.807) is 17.5 Å². The SMILES string of the molecule is Cc1cc(CNS(=O)(=O)c2cccs2)c(C)n1C. The number of hydrogen-bond acceptors (Lipinski definition) is 3. The number of nitrogens with zero attached hydrogens (tertiary/aromatic N) is 1. The first kappa shape index (κ1) is 13.3. The lowest BCUT2D eigenvalue weighted by Crippen LogP contribution is -2.22. The number of rotatable bonds is 4. The molecule has 1 N–H and O–H groups in total. The number of nitrogens with one attached hydrogen (secondary N) is 1. The van der Waals surface area contributed by atoms with Crippen molar-refractivity contribution in [2.24, 2.45) is 7.05 Å². The van der Waals surface area contributed by atoms with Gasteiger partial charge in [0, 0.05) is 25.0 Å². The molecule has 0 atom stereocenters. The summed E-state index contributed by atoms with van der Waals surface area (Å²) in [4.78, 5) is 0. The highest BCUT2D eigenvalue weighted by Gasteiger charge is 2.15. The van der Waals surface area contributed by atoms with Gasteiger partial charge in [-0.1, -0.05) is 6.07 Å². The standard InChI is InChI=1S/C12H16N2O2S2/c1-9-7-11(10(2)14(9)3)8-13-18(15,16)12-5-4-6-17-12/h4-7,13H,8H2,1-3H3. The van der Waals surface area contributed by atoms with Crippen LogP contribution in [-0.4, -0.2) is 13.0 Å². The lowest BCUT2D eigenvalue weighted by atomic mass is 10.2. The average Bonchev–Trinajstić information content (AvgIpc) is 2.92. The molecule has 0 bridgehead atoms. The average molecular weight is 284 g/mol. The summed E-state index contributed by atoms with van der Waals surface area (Å²) in [6.07, 6.45) is 0. The summed E-state index contributed by atoms with van der Waals surface area (Å²) in [6, 6.07) is 5.35. The minimum absolute atomic E-state index is 0.327. The van der Waals surface area contributed by atoms with E-state index in [2.05, 4.69) is 9.29 Å². The molecule has 0 saturated heterocycles. The molecule has 2 aromatic rings. The van der Waals surface area contributed by atoms with Crippen molar-refractivity contribution in [1.29, 1.82) is 0 Å². The molecule has 0 fully saturated rings. The van der Waals surface area contributed by atoms with E-state index in [4.69, 9.17) is 0 Å². The first-order valence-electron chi connectivity index (χ1n) is 5.57. The zero-order valence-corrected chi connectivity index (χ0v) is 12.2. The topological polar surface area (TPSA) is 51.1 Å². The summed E-state index contributed by atoms with van der Waals surface area (Å²) in [5, 5.41) is 1.76. The summed E-state index contributed by atoms with van der Waals surface area (Å²) >= 11 is 1.22. The summed E-state index contributed by atoms with van der Waals surface area (Å²) < 4.78 is 29.0. The molecule has 4 nitrogen and oxygen atoms in total. The number of aryl methyl sites for hydroxylation is 1. The second-order valence-electron chi connectivity index (χ2n) is 4.21. The van der Waals surface area contributed by atoms with E-state index in [9.17, 15) is 8.42 Å². The van der Waals surface area contributed by atoms with Crippen LogP contribution in [0.25, 0.3) is 0 Å². The van der Waals surface area contributed by atoms with Gasteiger partial charge in [0.25, 0.3) is 0 Å². The predicted molar refractivity (Wildman–Crippen MR) is 73.2 cm³/mol. The number of hydrogen-bond donors (Lipinski definition) is 1. The molecule has 98 valence electrons. The normalized spacial score (nSPS) is 11.9. The fraction of sp³-hybridized carbons (Fsp3) is 0.333. The molecule has 0 aliphatic carbocycles. The Labute approximate surface area is 111 Å². The molecule has 0 unspecified atom stereocenters. The highest BCUT2D eigenvalue weighted by Crippen LogP contribution is 2.17. The van der Waals surface area contributed by atoms with Crippen LogP contribution in [0, 0.1) is 13.8 Å². The van der Waals surface area contributed by atoms with Crippen LogP contribution in [0.2, 0.25) is 0 Å². The molecule has 0 radical (unpaired) electrons. The van der Waals surface area contributed by atoms with Crippen LogP contribution in [0.1, 0.15) is 17.0 Å². The summed E-state index contributed by atoms with van der Waals surface area (Å²) in [5.41, 5.74) is 3.22. The van der Waals surface area contributed by atoms with Crippen molar-refractivity contribution in [3.63, 3.8) is 0 Å². The third kappa shape index (κ3) is 2.50. The largest absolute Gasteiger partial charge is 0.352 e. The maximum atomic E-state index is 12.0. The molecule has 0 aliphatic rings. The molecular formula is C12H16N2O2S2. The molecule has 2 rings (SSSR count). The Bertz CT molecular complexity index is 640. The van der Waals surface area contributed by atoms with Gasteiger partial charge < -0.3 is 4.57 Å². The molecule has 0 aliphatic heterocycles. The van der Waals surface area contributed by atoms with Crippen molar-refractivity contribution in [2.75, 3.05) is 0 Å². The van der Waals surface area contributed by atoms with Gasteiger partial charge in [-0.3, -0.25) is 0 Å². The second-order valence-corrected chi connectivity index (χ2v) is 7.15. The van der Waals surface area contributed by atoms with Crippen LogP contribution in [-0.2, 0) is 23.6 Å². The van der Waals surface area contributed by atoms with Crippen molar-refractivity contribution in [3.05, 3.63) is 40.5 Å². The van der Waals surface area contributed by atoms with E-state index in [0.717, 1.165) is 17.0 Å². The Balaban J connectivity index is 2.15. The third-order valence-corrected chi connectivity index (χ3v) is 5.89. The minimum atomic E-state index is -3.38. The van der Waals surface area contributed by atoms with Crippen molar-refractivity contribution < 1.29 is 8.42 Å². The quantitative estimate of drug-likeness (QED) is 0.935. The van der Waals surface area contributed by atoms with Gasteiger partial charge in [-0.25, -0.2) is 13.1 Å². The number of aromatic nitrogens is 1. The Hall–Kier alpha value is -1.11. The number of thiophene rings is 1. The third-order valence-electron chi connectivity index (χ3n) is 3.09. The molecule has 0 spiro atoms. The van der Waals surface area contributed by atoms with Crippen molar-refractivity contribution in [2.45, 2.75) is 24.6 Å². The second kappa shape index (κ2) is 4.87. The lowest BCUT2D eigenvalue weighted by molar-refractivity contribution is 0.583. The van der Waals surface area contributed by atoms with Gasteiger partial charge in [0.2, 0.25) is 10.0 Å². The van der Waals surface area contributed by atoms with Crippen LogP contribution >= 0.6 is 11.3 Å². The van der Waals surface area contributed by atoms with Crippen LogP contribution in [0.15, 0.2) is 27.8 Å². The van der Waals surface area contributed by atoms with Gasteiger partial charge in [-0.2, -0.15) is 0 Å². The van der Waals surface area contributed by atoms with Gasteiger partial charge in [0.15, 0.2) is 0 Å². The van der Waals surface area contributed by atoms with Crippen LogP contribution in [0.3, 0.4) is 0 Å². The van der Waals surface area contributed by atoms with Gasteiger partial charge in [-0.15, -0.1) is 11.3 Å². The molecule has 0 saturated carbocycles. The number of sulfonamides is 1. The fourth-order valence-electron chi connectivity index (χ4n) is 1.77. The summed E-state index contributed by atoms with van der Waals surface area (Å²) in [6.45, 7) is 4.32. The molecule has 0 amide bonds. The first-order chi connectivity index (χ1) is 8.42. The zero-order chi connectivity index (χ0) is 13.3. The van der Waals surface area contributed by atoms with Crippen molar-refractivity contribution >= 4 is 21.4 Å². The van der Waals surface area contributed by atoms with Gasteiger partial charge in [0.05, 0.1) is 0 Å². The van der Waals surface area contributed by atoms with Gasteiger partial charge in [-0.05, 0) is 36.9 Å². The summed E-state index contributed by atoms with van der Waals surface area (Å²) in [7, 11) is -1.40. The molecule has 0 aromatic carbocycles. The highest BCUT2D eigenvalue weighted by atomic mass is 32.2. The monoisotopic (exact) mass is 284 g/mol. The van der Waals surface area contributed by atoms with Crippen LogP contribution in [0.4, 0.5) is 0 Å². The van der Waals surface area contributed by atoms with Crippen LogP contribution < -0.4 is 4.72 Å². The van der Waals surface area contributed by atoms with E-state index >= 15 is 0 Å². The van der Waals surface area contributed by atoms with Crippen molar-refractivity contribution in [3.8, 4) is 0 Å². The fourth-order valence-corrected chi connectivity index (χ4v) is 3.82. The van der Waals surface area contributed by atoms with Gasteiger partial charge in [0.1, 0.15) is 4.21 Å². The maximum absolute atomic E-state index is 12.0. The van der Waals surface area contributed by atoms with E-state index in [-0.39, 0.29) is 0 Å². The maximum Gasteiger partial charge on any atom is 0.250 e. The zero-order valence-electron chi connectivity index (χ0n) is 10.6. The van der Waals surface area contributed by atoms with E-state index in [1.807, 2.05) is 27.0 Å². The molecule has 2 heterocycles. The predicted octanol–water partition coefficient (Wildman–Crippen LogP) is 2.18. The van der Waals surface area contributed by atoms with E-state index in [1.165, 1.54) is 11.3 Å².